The van der Waals surface area contributed by atoms with E-state index >= 15 is 0 Å². The zero-order valence-electron chi connectivity index (χ0n) is 12.1. The van der Waals surface area contributed by atoms with Gasteiger partial charge in [0.25, 0.3) is 0 Å². The van der Waals surface area contributed by atoms with Gasteiger partial charge in [-0.3, -0.25) is 0 Å². The van der Waals surface area contributed by atoms with Crippen molar-refractivity contribution in [1.82, 2.24) is 10.1 Å². The summed E-state index contributed by atoms with van der Waals surface area (Å²) in [4.78, 5) is 4.20. The summed E-state index contributed by atoms with van der Waals surface area (Å²) in [5, 5.41) is 3.85. The van der Waals surface area contributed by atoms with Crippen LogP contribution in [0, 0.1) is 0 Å². The van der Waals surface area contributed by atoms with E-state index in [1.807, 2.05) is 26.0 Å². The highest BCUT2D eigenvalue weighted by Gasteiger charge is 2.14. The monoisotopic (exact) mass is 355 g/mol. The predicted molar refractivity (Wildman–Crippen MR) is 81.2 cm³/mol. The molecule has 0 radical (unpaired) electrons. The predicted octanol–water partition coefficient (Wildman–Crippen LogP) is 2.83. The lowest BCUT2D eigenvalue weighted by Crippen LogP contribution is -2.04. The van der Waals surface area contributed by atoms with Crippen molar-refractivity contribution in [3.8, 4) is 11.5 Å². The topological polar surface area (TPSA) is 83.4 Å². The van der Waals surface area contributed by atoms with Crippen LogP contribution in [0.3, 0.4) is 0 Å². The molecule has 0 unspecified atom stereocenters. The summed E-state index contributed by atoms with van der Waals surface area (Å²) in [5.74, 6) is 2.35. The number of hydrogen-bond donors (Lipinski definition) is 1. The van der Waals surface area contributed by atoms with Crippen LogP contribution < -0.4 is 15.2 Å². The lowest BCUT2D eigenvalue weighted by atomic mass is 10.2. The Morgan fingerprint density at radius 2 is 2.10 bits per heavy atom. The van der Waals surface area contributed by atoms with Crippen LogP contribution in [0.4, 0.5) is 0 Å². The number of ether oxygens (including phenoxy) is 2. The van der Waals surface area contributed by atoms with Crippen LogP contribution in [-0.2, 0) is 19.6 Å². The third-order valence-electron chi connectivity index (χ3n) is 2.76. The fourth-order valence-electron chi connectivity index (χ4n) is 1.77. The zero-order chi connectivity index (χ0) is 15.2. The maximum atomic E-state index is 5.77. The van der Waals surface area contributed by atoms with Gasteiger partial charge in [-0.1, -0.05) is 12.1 Å². The van der Waals surface area contributed by atoms with Crippen molar-refractivity contribution in [2.75, 3.05) is 6.61 Å². The van der Waals surface area contributed by atoms with E-state index in [-0.39, 0.29) is 6.61 Å². The molecule has 7 heteroatoms. The van der Waals surface area contributed by atoms with Gasteiger partial charge >= 0.3 is 0 Å². The van der Waals surface area contributed by atoms with Gasteiger partial charge in [-0.15, -0.1) is 0 Å². The number of nitrogens with zero attached hydrogens (tertiary/aromatic N) is 2. The molecule has 0 saturated heterocycles. The number of aryl methyl sites for hydroxylation is 1. The molecule has 0 fully saturated rings. The first-order valence-corrected chi connectivity index (χ1v) is 7.56. The smallest absolute Gasteiger partial charge is 0.226 e. The number of aromatic nitrogens is 2. The Morgan fingerprint density at radius 3 is 2.71 bits per heavy atom. The van der Waals surface area contributed by atoms with E-state index in [4.69, 9.17) is 19.7 Å². The molecule has 0 bridgehead atoms. The van der Waals surface area contributed by atoms with Crippen LogP contribution in [0.2, 0.25) is 0 Å². The highest BCUT2D eigenvalue weighted by atomic mass is 79.9. The van der Waals surface area contributed by atoms with Gasteiger partial charge in [0.15, 0.2) is 18.1 Å². The Bertz CT molecular complexity index is 601. The standard InChI is InChI=1S/C14H18BrN3O3/c1-3-13-17-12(18-21-13)8-20-14-10(15)5-9(7-16)6-11(14)19-4-2/h5-6H,3-4,7-8,16H2,1-2H3. The Morgan fingerprint density at radius 1 is 1.29 bits per heavy atom. The van der Waals surface area contributed by atoms with E-state index in [2.05, 4.69) is 26.1 Å². The Labute approximate surface area is 131 Å². The minimum atomic E-state index is 0.212. The van der Waals surface area contributed by atoms with E-state index in [1.54, 1.807) is 0 Å². The third kappa shape index (κ3) is 3.95. The first-order valence-electron chi connectivity index (χ1n) is 6.77. The van der Waals surface area contributed by atoms with Gasteiger partial charge in [0.2, 0.25) is 11.7 Å². The molecule has 114 valence electrons. The van der Waals surface area contributed by atoms with Crippen molar-refractivity contribution in [1.29, 1.82) is 0 Å². The minimum Gasteiger partial charge on any atom is -0.490 e. The van der Waals surface area contributed by atoms with Gasteiger partial charge < -0.3 is 19.7 Å². The van der Waals surface area contributed by atoms with Gasteiger partial charge in [0, 0.05) is 13.0 Å². The molecule has 1 aromatic heterocycles. The summed E-state index contributed by atoms with van der Waals surface area (Å²) < 4.78 is 17.2. The maximum absolute atomic E-state index is 5.77. The lowest BCUT2D eigenvalue weighted by Gasteiger charge is -2.14. The number of nitrogens with two attached hydrogens (primary N) is 1. The molecule has 1 heterocycles. The molecule has 2 rings (SSSR count). The fourth-order valence-corrected chi connectivity index (χ4v) is 2.38. The summed E-state index contributed by atoms with van der Waals surface area (Å²) in [6, 6.07) is 3.78. The van der Waals surface area contributed by atoms with Gasteiger partial charge in [-0.25, -0.2) is 0 Å². The zero-order valence-corrected chi connectivity index (χ0v) is 13.6. The molecule has 0 spiro atoms. The third-order valence-corrected chi connectivity index (χ3v) is 3.35. The highest BCUT2D eigenvalue weighted by Crippen LogP contribution is 2.37. The SMILES string of the molecule is CCOc1cc(CN)cc(Br)c1OCc1noc(CC)n1. The molecular formula is C14H18BrN3O3. The van der Waals surface area contributed by atoms with Crippen LogP contribution in [-0.4, -0.2) is 16.7 Å². The summed E-state index contributed by atoms with van der Waals surface area (Å²) in [7, 11) is 0. The number of rotatable bonds is 7. The Hall–Kier alpha value is -1.60. The quantitative estimate of drug-likeness (QED) is 0.821. The van der Waals surface area contributed by atoms with Crippen molar-refractivity contribution >= 4 is 15.9 Å². The second kappa shape index (κ2) is 7.42. The van der Waals surface area contributed by atoms with E-state index in [0.717, 1.165) is 10.0 Å². The molecule has 0 aliphatic rings. The van der Waals surface area contributed by atoms with Gasteiger partial charge in [-0.05, 0) is 40.5 Å². The van der Waals surface area contributed by atoms with E-state index in [0.29, 0.717) is 42.8 Å². The normalized spacial score (nSPS) is 10.7. The second-order valence-corrected chi connectivity index (χ2v) is 5.14. The summed E-state index contributed by atoms with van der Waals surface area (Å²) in [5.41, 5.74) is 6.63. The number of benzene rings is 1. The van der Waals surface area contributed by atoms with E-state index < -0.39 is 0 Å². The molecule has 1 aromatic carbocycles. The molecule has 0 atom stereocenters. The van der Waals surface area contributed by atoms with Crippen molar-refractivity contribution in [3.63, 3.8) is 0 Å². The van der Waals surface area contributed by atoms with E-state index in [1.165, 1.54) is 0 Å². The van der Waals surface area contributed by atoms with Crippen molar-refractivity contribution < 1.29 is 14.0 Å². The van der Waals surface area contributed by atoms with Crippen LogP contribution >= 0.6 is 15.9 Å². The van der Waals surface area contributed by atoms with Crippen LogP contribution in [0.5, 0.6) is 11.5 Å². The van der Waals surface area contributed by atoms with Gasteiger partial charge in [0.05, 0.1) is 11.1 Å². The van der Waals surface area contributed by atoms with Crippen LogP contribution in [0.1, 0.15) is 31.1 Å². The second-order valence-electron chi connectivity index (χ2n) is 4.29. The first-order chi connectivity index (χ1) is 10.2. The Balaban J connectivity index is 2.17. The first kappa shape index (κ1) is 15.8. The van der Waals surface area contributed by atoms with Crippen molar-refractivity contribution in [2.45, 2.75) is 33.4 Å². The fraction of sp³-hybridized carbons (Fsp3) is 0.429. The highest BCUT2D eigenvalue weighted by molar-refractivity contribution is 9.10. The van der Waals surface area contributed by atoms with Crippen molar-refractivity contribution in [2.24, 2.45) is 5.73 Å². The molecule has 0 aliphatic heterocycles. The number of hydrogen-bond acceptors (Lipinski definition) is 6. The molecule has 2 aromatic rings. The summed E-state index contributed by atoms with van der Waals surface area (Å²) in [6.45, 7) is 5.06. The molecular weight excluding hydrogens is 338 g/mol. The average Bonchev–Trinajstić information content (AvgIpc) is 2.94. The largest absolute Gasteiger partial charge is 0.490 e. The molecule has 0 amide bonds. The molecule has 0 aliphatic carbocycles. The summed E-state index contributed by atoms with van der Waals surface area (Å²) >= 11 is 3.48. The lowest BCUT2D eigenvalue weighted by molar-refractivity contribution is 0.256. The van der Waals surface area contributed by atoms with E-state index in [9.17, 15) is 0 Å². The summed E-state index contributed by atoms with van der Waals surface area (Å²) in [6.07, 6.45) is 0.700. The number of halogens is 1. The molecule has 21 heavy (non-hydrogen) atoms. The molecule has 6 nitrogen and oxygen atoms in total. The van der Waals surface area contributed by atoms with Crippen molar-refractivity contribution in [3.05, 3.63) is 33.9 Å². The minimum absolute atomic E-state index is 0.212. The van der Waals surface area contributed by atoms with Gasteiger partial charge in [-0.2, -0.15) is 4.98 Å². The maximum Gasteiger partial charge on any atom is 0.226 e. The average molecular weight is 356 g/mol. The van der Waals surface area contributed by atoms with Crippen LogP contribution in [0.25, 0.3) is 0 Å². The van der Waals surface area contributed by atoms with Gasteiger partial charge in [0.1, 0.15) is 0 Å². The Kier molecular flexibility index (Phi) is 5.58. The van der Waals surface area contributed by atoms with Crippen LogP contribution in [0.15, 0.2) is 21.1 Å². The molecule has 0 saturated carbocycles. The molecule has 2 N–H and O–H groups in total.